The van der Waals surface area contributed by atoms with E-state index in [0.29, 0.717) is 26.1 Å². The molecule has 2 heterocycles. The Kier molecular flexibility index (Phi) is 6.87. The summed E-state index contributed by atoms with van der Waals surface area (Å²) in [7, 11) is 0. The molecule has 0 spiro atoms. The normalized spacial score (nSPS) is 12.0. The van der Waals surface area contributed by atoms with E-state index in [1.165, 1.54) is 22.7 Å². The van der Waals surface area contributed by atoms with Gasteiger partial charge in [-0.15, -0.1) is 22.7 Å². The number of halogens is 2. The van der Waals surface area contributed by atoms with E-state index in [1.54, 1.807) is 6.07 Å². The van der Waals surface area contributed by atoms with Crippen molar-refractivity contribution in [2.45, 2.75) is 26.3 Å². The van der Waals surface area contributed by atoms with Crippen LogP contribution in [-0.4, -0.2) is 23.5 Å². The number of nitrogens with one attached hydrogen (secondary N) is 2. The van der Waals surface area contributed by atoms with Crippen molar-refractivity contribution < 1.29 is 4.79 Å². The topological polar surface area (TPSA) is 77.8 Å². The summed E-state index contributed by atoms with van der Waals surface area (Å²) in [6, 6.07) is 3.24. The van der Waals surface area contributed by atoms with Crippen molar-refractivity contribution in [2.75, 3.05) is 11.9 Å². The van der Waals surface area contributed by atoms with Crippen molar-refractivity contribution in [2.24, 2.45) is 5.92 Å². The zero-order valence-corrected chi connectivity index (χ0v) is 16.2. The van der Waals surface area contributed by atoms with E-state index in [9.17, 15) is 4.79 Å². The fraction of sp³-hybridized carbons (Fsp3) is 0.400. The molecule has 128 valence electrons. The van der Waals surface area contributed by atoms with Gasteiger partial charge in [-0.3, -0.25) is 4.79 Å². The van der Waals surface area contributed by atoms with E-state index in [1.807, 2.05) is 25.3 Å². The Morgan fingerprint density at radius 2 is 2.21 bits per heavy atom. The molecule has 2 aromatic rings. The fourth-order valence-corrected chi connectivity index (χ4v) is 4.33. The molecule has 0 fully saturated rings. The Bertz CT molecular complexity index is 751. The number of anilines is 1. The number of rotatable bonds is 7. The van der Waals surface area contributed by atoms with Crippen LogP contribution in [0.3, 0.4) is 0 Å². The van der Waals surface area contributed by atoms with Gasteiger partial charge in [-0.2, -0.15) is 5.26 Å². The van der Waals surface area contributed by atoms with Crippen molar-refractivity contribution >= 4 is 56.9 Å². The minimum atomic E-state index is -0.445. The summed E-state index contributed by atoms with van der Waals surface area (Å²) in [6.45, 7) is 4.06. The molecular weight excluding hydrogens is 387 g/mol. The molecule has 0 saturated carbocycles. The standard InChI is InChI=1S/C15H16Cl2N4OS2/c1-8(2)5-10(14(22)19-4-3-18)20-15-21-11(7-23-15)9-6-12(16)24-13(9)17/h6-8,10H,4-5H2,1-2H3,(H,19,22)(H,20,21). The third kappa shape index (κ3) is 5.08. The molecule has 1 unspecified atom stereocenters. The summed E-state index contributed by atoms with van der Waals surface area (Å²) in [4.78, 5) is 16.7. The highest BCUT2D eigenvalue weighted by Crippen LogP contribution is 2.39. The molecular formula is C15H16Cl2N4OS2. The van der Waals surface area contributed by atoms with Crippen LogP contribution in [0.5, 0.6) is 0 Å². The number of amides is 1. The van der Waals surface area contributed by atoms with Crippen LogP contribution in [0.25, 0.3) is 11.3 Å². The van der Waals surface area contributed by atoms with Crippen molar-refractivity contribution in [3.63, 3.8) is 0 Å². The first-order valence-electron chi connectivity index (χ1n) is 7.22. The predicted octanol–water partition coefficient (Wildman–Crippen LogP) is 4.64. The molecule has 5 nitrogen and oxygen atoms in total. The molecule has 0 aliphatic rings. The number of hydrogen-bond acceptors (Lipinski definition) is 6. The number of thiophene rings is 1. The van der Waals surface area contributed by atoms with E-state index >= 15 is 0 Å². The molecule has 0 bridgehead atoms. The molecule has 0 saturated heterocycles. The zero-order valence-electron chi connectivity index (χ0n) is 13.1. The first-order valence-corrected chi connectivity index (χ1v) is 9.67. The number of thiazole rings is 1. The number of nitriles is 1. The van der Waals surface area contributed by atoms with E-state index in [4.69, 9.17) is 28.5 Å². The van der Waals surface area contributed by atoms with Crippen LogP contribution < -0.4 is 10.6 Å². The number of carbonyl (C=O) groups is 1. The Morgan fingerprint density at radius 1 is 1.46 bits per heavy atom. The zero-order chi connectivity index (χ0) is 17.7. The van der Waals surface area contributed by atoms with Gasteiger partial charge in [-0.1, -0.05) is 37.0 Å². The second-order valence-corrected chi connectivity index (χ2v) is 8.62. The van der Waals surface area contributed by atoms with Crippen molar-refractivity contribution in [3.8, 4) is 17.3 Å². The van der Waals surface area contributed by atoms with Crippen molar-refractivity contribution in [1.29, 1.82) is 5.26 Å². The molecule has 2 N–H and O–H groups in total. The van der Waals surface area contributed by atoms with Gasteiger partial charge in [-0.05, 0) is 18.4 Å². The van der Waals surface area contributed by atoms with Gasteiger partial charge < -0.3 is 10.6 Å². The molecule has 2 rings (SSSR count). The van der Waals surface area contributed by atoms with Crippen LogP contribution in [0.1, 0.15) is 20.3 Å². The largest absolute Gasteiger partial charge is 0.350 e. The summed E-state index contributed by atoms with van der Waals surface area (Å²) in [6.07, 6.45) is 0.636. The molecule has 0 aliphatic carbocycles. The number of carbonyl (C=O) groups excluding carboxylic acids is 1. The fourth-order valence-electron chi connectivity index (χ4n) is 2.08. The molecule has 0 radical (unpaired) electrons. The smallest absolute Gasteiger partial charge is 0.243 e. The monoisotopic (exact) mass is 402 g/mol. The second-order valence-electron chi connectivity index (χ2n) is 5.48. The lowest BCUT2D eigenvalue weighted by molar-refractivity contribution is -0.121. The summed E-state index contributed by atoms with van der Waals surface area (Å²) in [5, 5.41) is 16.8. The van der Waals surface area contributed by atoms with Gasteiger partial charge >= 0.3 is 0 Å². The second kappa shape index (κ2) is 8.67. The van der Waals surface area contributed by atoms with Gasteiger partial charge in [0.25, 0.3) is 0 Å². The van der Waals surface area contributed by atoms with Gasteiger partial charge in [0.2, 0.25) is 5.91 Å². The summed E-state index contributed by atoms with van der Waals surface area (Å²) >= 11 is 14.8. The Hall–Kier alpha value is -1.33. The quantitative estimate of drug-likeness (QED) is 0.660. The molecule has 1 atom stereocenters. The van der Waals surface area contributed by atoms with Gasteiger partial charge in [0.15, 0.2) is 5.13 Å². The lowest BCUT2D eigenvalue weighted by Crippen LogP contribution is -2.40. The van der Waals surface area contributed by atoms with Gasteiger partial charge in [0.05, 0.1) is 16.1 Å². The highest BCUT2D eigenvalue weighted by Gasteiger charge is 2.21. The summed E-state index contributed by atoms with van der Waals surface area (Å²) in [5.41, 5.74) is 1.50. The molecule has 0 aliphatic heterocycles. The highest BCUT2D eigenvalue weighted by atomic mass is 35.5. The third-order valence-electron chi connectivity index (χ3n) is 3.10. The van der Waals surface area contributed by atoms with Crippen LogP contribution in [0.15, 0.2) is 11.4 Å². The minimum Gasteiger partial charge on any atom is -0.350 e. The van der Waals surface area contributed by atoms with E-state index < -0.39 is 6.04 Å². The maximum absolute atomic E-state index is 12.2. The molecule has 24 heavy (non-hydrogen) atoms. The SMILES string of the molecule is CC(C)CC(Nc1nc(-c2cc(Cl)sc2Cl)cs1)C(=O)NCC#N. The van der Waals surface area contributed by atoms with Gasteiger partial charge in [0.1, 0.15) is 16.9 Å². The first-order chi connectivity index (χ1) is 11.4. The first kappa shape index (κ1) is 19.0. The van der Waals surface area contributed by atoms with E-state index in [0.717, 1.165) is 11.3 Å². The third-order valence-corrected chi connectivity index (χ3v) is 5.36. The van der Waals surface area contributed by atoms with Crippen LogP contribution in [0.2, 0.25) is 8.67 Å². The molecule has 9 heteroatoms. The average molecular weight is 403 g/mol. The Morgan fingerprint density at radius 3 is 2.79 bits per heavy atom. The minimum absolute atomic E-state index is 0.0127. The van der Waals surface area contributed by atoms with Crippen LogP contribution in [0.4, 0.5) is 5.13 Å². The van der Waals surface area contributed by atoms with Crippen molar-refractivity contribution in [3.05, 3.63) is 20.1 Å². The van der Waals surface area contributed by atoms with E-state index in [-0.39, 0.29) is 12.5 Å². The van der Waals surface area contributed by atoms with Gasteiger partial charge in [0, 0.05) is 10.9 Å². The lowest BCUT2D eigenvalue weighted by Gasteiger charge is -2.18. The van der Waals surface area contributed by atoms with Crippen LogP contribution in [0, 0.1) is 17.2 Å². The maximum Gasteiger partial charge on any atom is 0.243 e. The Labute approximate surface area is 158 Å². The number of hydrogen-bond donors (Lipinski definition) is 2. The molecule has 1 amide bonds. The summed E-state index contributed by atoms with van der Waals surface area (Å²) < 4.78 is 1.19. The predicted molar refractivity (Wildman–Crippen MR) is 101 cm³/mol. The number of nitrogens with zero attached hydrogens (tertiary/aromatic N) is 2. The van der Waals surface area contributed by atoms with Crippen LogP contribution in [-0.2, 0) is 4.79 Å². The van der Waals surface area contributed by atoms with Crippen LogP contribution >= 0.6 is 45.9 Å². The Balaban J connectivity index is 2.13. The van der Waals surface area contributed by atoms with E-state index in [2.05, 4.69) is 15.6 Å². The number of aromatic nitrogens is 1. The maximum atomic E-state index is 12.2. The molecule has 2 aromatic heterocycles. The average Bonchev–Trinajstić information content (AvgIpc) is 3.09. The van der Waals surface area contributed by atoms with Gasteiger partial charge in [-0.25, -0.2) is 4.98 Å². The summed E-state index contributed by atoms with van der Waals surface area (Å²) in [5.74, 6) is 0.110. The van der Waals surface area contributed by atoms with Crippen molar-refractivity contribution in [1.82, 2.24) is 10.3 Å². The molecule has 0 aromatic carbocycles. The lowest BCUT2D eigenvalue weighted by atomic mass is 10.0. The highest BCUT2D eigenvalue weighted by molar-refractivity contribution is 7.20.